The molecule has 2 heterocycles. The van der Waals surface area contributed by atoms with Crippen LogP contribution in [0, 0.1) is 0 Å². The molecule has 0 aliphatic carbocycles. The highest BCUT2D eigenvalue weighted by Crippen LogP contribution is 2.19. The molecule has 0 radical (unpaired) electrons. The van der Waals surface area contributed by atoms with Crippen LogP contribution in [0.3, 0.4) is 0 Å². The van der Waals surface area contributed by atoms with Gasteiger partial charge in [0.15, 0.2) is 11.6 Å². The first kappa shape index (κ1) is 11.9. The molecule has 5 nitrogen and oxygen atoms in total. The van der Waals surface area contributed by atoms with E-state index in [0.717, 1.165) is 19.4 Å². The number of pyridine rings is 1. The van der Waals surface area contributed by atoms with Crippen molar-refractivity contribution in [2.75, 3.05) is 18.4 Å². The molecule has 2 N–H and O–H groups in total. The molecule has 1 fully saturated rings. The van der Waals surface area contributed by atoms with Crippen LogP contribution in [-0.2, 0) is 4.79 Å². The SMILES string of the molecule is C[C@@H]1CCCN1CC(=O)Nc1ncccc1O. The fourth-order valence-electron chi connectivity index (χ4n) is 2.08. The summed E-state index contributed by atoms with van der Waals surface area (Å²) in [7, 11) is 0. The Hall–Kier alpha value is -1.62. The quantitative estimate of drug-likeness (QED) is 0.826. The van der Waals surface area contributed by atoms with Crippen LogP contribution in [0.15, 0.2) is 18.3 Å². The molecule has 1 aromatic heterocycles. The first-order valence-electron chi connectivity index (χ1n) is 5.84. The van der Waals surface area contributed by atoms with Crippen molar-refractivity contribution in [3.63, 3.8) is 0 Å². The van der Waals surface area contributed by atoms with Crippen molar-refractivity contribution >= 4 is 11.7 Å². The van der Waals surface area contributed by atoms with Gasteiger partial charge >= 0.3 is 0 Å². The third-order valence-electron chi connectivity index (χ3n) is 3.08. The molecule has 0 aromatic carbocycles. The summed E-state index contributed by atoms with van der Waals surface area (Å²) in [4.78, 5) is 17.8. The summed E-state index contributed by atoms with van der Waals surface area (Å²) >= 11 is 0. The Morgan fingerprint density at radius 2 is 2.53 bits per heavy atom. The minimum Gasteiger partial charge on any atom is -0.504 e. The van der Waals surface area contributed by atoms with Gasteiger partial charge in [-0.15, -0.1) is 0 Å². The summed E-state index contributed by atoms with van der Waals surface area (Å²) < 4.78 is 0. The number of carbonyl (C=O) groups is 1. The van der Waals surface area contributed by atoms with Crippen LogP contribution < -0.4 is 5.32 Å². The normalized spacial score (nSPS) is 20.4. The molecule has 2 rings (SSSR count). The number of nitrogens with zero attached hydrogens (tertiary/aromatic N) is 2. The largest absolute Gasteiger partial charge is 0.504 e. The van der Waals surface area contributed by atoms with Gasteiger partial charge in [0.1, 0.15) is 0 Å². The number of hydrogen-bond donors (Lipinski definition) is 2. The van der Waals surface area contributed by atoms with Crippen LogP contribution in [0.4, 0.5) is 5.82 Å². The minimum atomic E-state index is -0.132. The molecule has 1 aliphatic heterocycles. The summed E-state index contributed by atoms with van der Waals surface area (Å²) in [5.74, 6) is 0.0902. The van der Waals surface area contributed by atoms with E-state index in [-0.39, 0.29) is 17.5 Å². The zero-order chi connectivity index (χ0) is 12.3. The Morgan fingerprint density at radius 1 is 1.71 bits per heavy atom. The lowest BCUT2D eigenvalue weighted by atomic mass is 10.2. The van der Waals surface area contributed by atoms with E-state index in [2.05, 4.69) is 22.1 Å². The van der Waals surface area contributed by atoms with Crippen molar-refractivity contribution in [3.05, 3.63) is 18.3 Å². The number of rotatable bonds is 3. The third-order valence-corrected chi connectivity index (χ3v) is 3.08. The molecule has 0 unspecified atom stereocenters. The van der Waals surface area contributed by atoms with E-state index in [0.29, 0.717) is 12.6 Å². The Bertz CT molecular complexity index is 408. The summed E-state index contributed by atoms with van der Waals surface area (Å²) in [6.07, 6.45) is 3.82. The lowest BCUT2D eigenvalue weighted by molar-refractivity contribution is -0.117. The minimum absolute atomic E-state index is 0.00433. The molecule has 0 saturated carbocycles. The average Bonchev–Trinajstić information content (AvgIpc) is 2.68. The molecule has 1 saturated heterocycles. The average molecular weight is 235 g/mol. The van der Waals surface area contributed by atoms with Gasteiger partial charge in [0.2, 0.25) is 5.91 Å². The smallest absolute Gasteiger partial charge is 0.239 e. The number of nitrogens with one attached hydrogen (secondary N) is 1. The van der Waals surface area contributed by atoms with Crippen LogP contribution in [0.5, 0.6) is 5.75 Å². The number of aromatic hydroxyl groups is 1. The monoisotopic (exact) mass is 235 g/mol. The Morgan fingerprint density at radius 3 is 3.18 bits per heavy atom. The Labute approximate surface area is 100 Å². The first-order chi connectivity index (χ1) is 8.16. The van der Waals surface area contributed by atoms with Gasteiger partial charge in [0.25, 0.3) is 0 Å². The van der Waals surface area contributed by atoms with Gasteiger partial charge in [-0.1, -0.05) is 0 Å². The van der Waals surface area contributed by atoms with Crippen molar-refractivity contribution in [2.45, 2.75) is 25.8 Å². The van der Waals surface area contributed by atoms with Crippen LogP contribution >= 0.6 is 0 Å². The molecule has 5 heteroatoms. The third kappa shape index (κ3) is 2.94. The van der Waals surface area contributed by atoms with Crippen molar-refractivity contribution in [2.24, 2.45) is 0 Å². The molecule has 0 spiro atoms. The van der Waals surface area contributed by atoms with Crippen molar-refractivity contribution in [3.8, 4) is 5.75 Å². The van der Waals surface area contributed by atoms with Crippen molar-refractivity contribution < 1.29 is 9.90 Å². The number of aromatic nitrogens is 1. The number of amides is 1. The van der Waals surface area contributed by atoms with Crippen LogP contribution in [-0.4, -0.2) is 40.0 Å². The highest BCUT2D eigenvalue weighted by Gasteiger charge is 2.22. The second kappa shape index (κ2) is 5.14. The van der Waals surface area contributed by atoms with Crippen molar-refractivity contribution in [1.82, 2.24) is 9.88 Å². The molecule has 92 valence electrons. The van der Waals surface area contributed by atoms with E-state index in [1.54, 1.807) is 6.07 Å². The van der Waals surface area contributed by atoms with Crippen LogP contribution in [0.2, 0.25) is 0 Å². The van der Waals surface area contributed by atoms with Gasteiger partial charge in [-0.2, -0.15) is 0 Å². The molecule has 1 amide bonds. The molecule has 1 aromatic rings. The van der Waals surface area contributed by atoms with Gasteiger partial charge in [-0.05, 0) is 38.4 Å². The number of anilines is 1. The molecule has 0 bridgehead atoms. The Balaban J connectivity index is 1.91. The van der Waals surface area contributed by atoms with Crippen LogP contribution in [0.25, 0.3) is 0 Å². The summed E-state index contributed by atoms with van der Waals surface area (Å²) in [6, 6.07) is 3.58. The standard InChI is InChI=1S/C12H17N3O2/c1-9-4-3-7-15(9)8-11(17)14-12-10(16)5-2-6-13-12/h2,5-6,9,16H,3-4,7-8H2,1H3,(H,13,14,17)/t9-/m1/s1. The zero-order valence-electron chi connectivity index (χ0n) is 9.89. The fraction of sp³-hybridized carbons (Fsp3) is 0.500. The first-order valence-corrected chi connectivity index (χ1v) is 5.84. The highest BCUT2D eigenvalue weighted by molar-refractivity contribution is 5.92. The lowest BCUT2D eigenvalue weighted by Crippen LogP contribution is -2.35. The molecular formula is C12H17N3O2. The molecule has 1 atom stereocenters. The van der Waals surface area contributed by atoms with E-state index in [9.17, 15) is 9.90 Å². The molecular weight excluding hydrogens is 218 g/mol. The topological polar surface area (TPSA) is 65.5 Å². The number of carbonyl (C=O) groups excluding carboxylic acids is 1. The van der Waals surface area contributed by atoms with Gasteiger partial charge in [0.05, 0.1) is 6.54 Å². The van der Waals surface area contributed by atoms with Gasteiger partial charge in [-0.3, -0.25) is 9.69 Å². The molecule has 1 aliphatic rings. The van der Waals surface area contributed by atoms with Gasteiger partial charge < -0.3 is 10.4 Å². The number of likely N-dealkylation sites (tertiary alicyclic amines) is 1. The lowest BCUT2D eigenvalue weighted by Gasteiger charge is -2.19. The van der Waals surface area contributed by atoms with Crippen molar-refractivity contribution in [1.29, 1.82) is 0 Å². The van der Waals surface area contributed by atoms with E-state index < -0.39 is 0 Å². The summed E-state index contributed by atoms with van der Waals surface area (Å²) in [6.45, 7) is 3.44. The van der Waals surface area contributed by atoms with Gasteiger partial charge in [0, 0.05) is 12.2 Å². The molecule has 17 heavy (non-hydrogen) atoms. The summed E-state index contributed by atoms with van der Waals surface area (Å²) in [5.41, 5.74) is 0. The summed E-state index contributed by atoms with van der Waals surface area (Å²) in [5, 5.41) is 12.1. The van der Waals surface area contributed by atoms with E-state index >= 15 is 0 Å². The predicted octanol–water partition coefficient (Wildman–Crippen LogP) is 1.21. The van der Waals surface area contributed by atoms with Crippen LogP contribution in [0.1, 0.15) is 19.8 Å². The maximum absolute atomic E-state index is 11.8. The fourth-order valence-corrected chi connectivity index (χ4v) is 2.08. The van der Waals surface area contributed by atoms with E-state index in [1.807, 2.05) is 0 Å². The second-order valence-electron chi connectivity index (χ2n) is 4.38. The van der Waals surface area contributed by atoms with Gasteiger partial charge in [-0.25, -0.2) is 4.98 Å². The van der Waals surface area contributed by atoms with E-state index in [4.69, 9.17) is 0 Å². The maximum Gasteiger partial charge on any atom is 0.239 e. The maximum atomic E-state index is 11.8. The predicted molar refractivity (Wildman–Crippen MR) is 64.8 cm³/mol. The number of hydrogen-bond acceptors (Lipinski definition) is 4. The second-order valence-corrected chi connectivity index (χ2v) is 4.38. The Kier molecular flexibility index (Phi) is 3.58. The highest BCUT2D eigenvalue weighted by atomic mass is 16.3. The van der Waals surface area contributed by atoms with E-state index in [1.165, 1.54) is 12.3 Å². The zero-order valence-corrected chi connectivity index (χ0v) is 9.89.